The summed E-state index contributed by atoms with van der Waals surface area (Å²) >= 11 is 33.9. The quantitative estimate of drug-likeness (QED) is 0.217. The van der Waals surface area contributed by atoms with Crippen LogP contribution in [0.4, 0.5) is 20.2 Å². The van der Waals surface area contributed by atoms with E-state index in [2.05, 4.69) is 26.6 Å². The average molecular weight is 644 g/mol. The van der Waals surface area contributed by atoms with Gasteiger partial charge in [-0.2, -0.15) is 0 Å². The molecule has 4 rings (SSSR count). The number of nitrogens with one attached hydrogen (secondary N) is 2. The molecule has 0 aliphatic heterocycles. The zero-order valence-corrected chi connectivity index (χ0v) is 22.5. The summed E-state index contributed by atoms with van der Waals surface area (Å²) in [5.41, 5.74) is 0.519. The SMILES string of the molecule is O=C(Nc1cc(Br)c(F)cc1F)c1cc(NC(=O)C2C(c3cc(Cl)cc(Cl)c3)C2(Cl)Cl)ccc1Cl. The van der Waals surface area contributed by atoms with Gasteiger partial charge in [-0.1, -0.05) is 34.8 Å². The van der Waals surface area contributed by atoms with Crippen molar-refractivity contribution < 1.29 is 18.4 Å². The molecule has 2 amide bonds. The lowest BCUT2D eigenvalue weighted by Gasteiger charge is -2.11. The summed E-state index contributed by atoms with van der Waals surface area (Å²) in [6.07, 6.45) is 0. The first-order valence-electron chi connectivity index (χ1n) is 9.78. The molecule has 1 aliphatic rings. The molecule has 0 aromatic heterocycles. The van der Waals surface area contributed by atoms with Crippen LogP contribution in [-0.2, 0) is 4.79 Å². The van der Waals surface area contributed by atoms with Gasteiger partial charge < -0.3 is 10.6 Å². The van der Waals surface area contributed by atoms with Crippen molar-refractivity contribution in [3.63, 3.8) is 0 Å². The van der Waals surface area contributed by atoms with E-state index in [9.17, 15) is 18.4 Å². The molecule has 1 saturated carbocycles. The van der Waals surface area contributed by atoms with E-state index in [0.717, 1.165) is 6.07 Å². The average Bonchev–Trinajstić information content (AvgIpc) is 3.34. The lowest BCUT2D eigenvalue weighted by atomic mass is 10.1. The Kier molecular flexibility index (Phi) is 7.59. The van der Waals surface area contributed by atoms with E-state index in [-0.39, 0.29) is 26.4 Å². The second-order valence-corrected chi connectivity index (χ2v) is 11.3. The van der Waals surface area contributed by atoms with Crippen molar-refractivity contribution in [2.45, 2.75) is 10.3 Å². The van der Waals surface area contributed by atoms with Crippen LogP contribution in [0.2, 0.25) is 15.1 Å². The molecule has 12 heteroatoms. The highest BCUT2D eigenvalue weighted by Gasteiger charge is 2.67. The van der Waals surface area contributed by atoms with Gasteiger partial charge >= 0.3 is 0 Å². The van der Waals surface area contributed by atoms with Gasteiger partial charge in [-0.05, 0) is 64.0 Å². The number of hydrogen-bond acceptors (Lipinski definition) is 2. The van der Waals surface area contributed by atoms with Crippen LogP contribution in [0.5, 0.6) is 0 Å². The summed E-state index contributed by atoms with van der Waals surface area (Å²) in [5.74, 6) is -4.45. The fraction of sp³-hybridized carbons (Fsp3) is 0.130. The maximum absolute atomic E-state index is 14.0. The number of amides is 2. The third-order valence-corrected chi connectivity index (χ3v) is 7.63. The molecule has 182 valence electrons. The van der Waals surface area contributed by atoms with E-state index in [0.29, 0.717) is 21.7 Å². The maximum atomic E-state index is 14.0. The van der Waals surface area contributed by atoms with Crippen molar-refractivity contribution in [2.75, 3.05) is 10.6 Å². The van der Waals surface area contributed by atoms with Gasteiger partial charge in [-0.15, -0.1) is 23.2 Å². The Balaban J connectivity index is 1.52. The van der Waals surface area contributed by atoms with E-state index in [1.807, 2.05) is 0 Å². The lowest BCUT2D eigenvalue weighted by Crippen LogP contribution is -2.18. The topological polar surface area (TPSA) is 58.2 Å². The molecule has 4 nitrogen and oxygen atoms in total. The van der Waals surface area contributed by atoms with Gasteiger partial charge in [0.15, 0.2) is 0 Å². The van der Waals surface area contributed by atoms with E-state index in [4.69, 9.17) is 58.0 Å². The van der Waals surface area contributed by atoms with Crippen LogP contribution < -0.4 is 10.6 Å². The van der Waals surface area contributed by atoms with E-state index in [1.165, 1.54) is 18.2 Å². The number of alkyl halides is 2. The number of carbonyl (C=O) groups is 2. The minimum atomic E-state index is -1.39. The Bertz CT molecular complexity index is 1350. The summed E-state index contributed by atoms with van der Waals surface area (Å²) in [4.78, 5) is 25.7. The zero-order chi connectivity index (χ0) is 25.7. The molecule has 0 bridgehead atoms. The molecule has 35 heavy (non-hydrogen) atoms. The molecular weight excluding hydrogens is 631 g/mol. The van der Waals surface area contributed by atoms with Crippen molar-refractivity contribution in [2.24, 2.45) is 5.92 Å². The molecule has 3 aromatic rings. The Morgan fingerprint density at radius 3 is 2.20 bits per heavy atom. The molecule has 2 atom stereocenters. The standard InChI is InChI=1S/C23H12BrCl5F2N2O2/c24-14-7-18(17(31)8-16(14)30)33-21(34)13-6-12(1-2-15(13)27)32-22(35)20-19(23(20,28)29)9-3-10(25)5-11(26)4-9/h1-8,19-20H,(H,32,35)(H,33,34). The Morgan fingerprint density at radius 2 is 1.54 bits per heavy atom. The minimum Gasteiger partial charge on any atom is -0.326 e. The third-order valence-electron chi connectivity index (χ3n) is 5.32. The summed E-state index contributed by atoms with van der Waals surface area (Å²) < 4.78 is 26.1. The van der Waals surface area contributed by atoms with E-state index >= 15 is 0 Å². The summed E-state index contributed by atoms with van der Waals surface area (Å²) in [6, 6.07) is 10.7. The lowest BCUT2D eigenvalue weighted by molar-refractivity contribution is -0.117. The summed E-state index contributed by atoms with van der Waals surface area (Å²) in [7, 11) is 0. The van der Waals surface area contributed by atoms with Gasteiger partial charge in [-0.3, -0.25) is 9.59 Å². The molecular formula is C23H12BrCl5F2N2O2. The predicted molar refractivity (Wildman–Crippen MR) is 139 cm³/mol. The highest BCUT2D eigenvalue weighted by Crippen LogP contribution is 2.65. The zero-order valence-electron chi connectivity index (χ0n) is 17.1. The van der Waals surface area contributed by atoms with Crippen LogP contribution in [-0.4, -0.2) is 16.1 Å². The Hall–Kier alpha value is -1.61. The third kappa shape index (κ3) is 5.55. The second-order valence-electron chi connectivity index (χ2n) is 7.72. The van der Waals surface area contributed by atoms with Crippen LogP contribution in [0.3, 0.4) is 0 Å². The number of hydrogen-bond donors (Lipinski definition) is 2. The van der Waals surface area contributed by atoms with Crippen LogP contribution in [0.15, 0.2) is 53.0 Å². The summed E-state index contributed by atoms with van der Waals surface area (Å²) in [5, 5.41) is 5.78. The normalized spacial score (nSPS) is 18.2. The van der Waals surface area contributed by atoms with Gasteiger partial charge in [0.25, 0.3) is 5.91 Å². The van der Waals surface area contributed by atoms with Crippen molar-refractivity contribution in [3.05, 3.63) is 90.8 Å². The monoisotopic (exact) mass is 640 g/mol. The fourth-order valence-corrected chi connectivity index (χ4v) is 5.55. The largest absolute Gasteiger partial charge is 0.326 e. The molecule has 0 saturated heterocycles. The molecule has 3 aromatic carbocycles. The first-order chi connectivity index (χ1) is 16.4. The molecule has 1 fully saturated rings. The molecule has 2 unspecified atom stereocenters. The van der Waals surface area contributed by atoms with Crippen molar-refractivity contribution in [1.82, 2.24) is 0 Å². The first kappa shape index (κ1) is 26.5. The summed E-state index contributed by atoms with van der Waals surface area (Å²) in [6.45, 7) is 0. The number of benzene rings is 3. The van der Waals surface area contributed by atoms with Crippen LogP contribution >= 0.6 is 73.9 Å². The number of halogens is 8. The molecule has 0 spiro atoms. The van der Waals surface area contributed by atoms with Gasteiger partial charge in [0.05, 0.1) is 26.7 Å². The van der Waals surface area contributed by atoms with Crippen molar-refractivity contribution in [1.29, 1.82) is 0 Å². The van der Waals surface area contributed by atoms with Crippen LogP contribution in [0.1, 0.15) is 21.8 Å². The fourth-order valence-electron chi connectivity index (χ4n) is 3.63. The molecule has 2 N–H and O–H groups in total. The van der Waals surface area contributed by atoms with E-state index in [1.54, 1.807) is 18.2 Å². The first-order valence-corrected chi connectivity index (χ1v) is 12.5. The number of carbonyl (C=O) groups excluding carboxylic acids is 2. The minimum absolute atomic E-state index is 0.0353. The smallest absolute Gasteiger partial charge is 0.257 e. The van der Waals surface area contributed by atoms with Crippen LogP contribution in [0, 0.1) is 17.6 Å². The van der Waals surface area contributed by atoms with Gasteiger partial charge in [-0.25, -0.2) is 8.78 Å². The van der Waals surface area contributed by atoms with Crippen molar-refractivity contribution >= 4 is 97.1 Å². The Morgan fingerprint density at radius 1 is 0.886 bits per heavy atom. The van der Waals surface area contributed by atoms with Crippen LogP contribution in [0.25, 0.3) is 0 Å². The molecule has 0 radical (unpaired) electrons. The second kappa shape index (κ2) is 10.0. The van der Waals surface area contributed by atoms with Gasteiger partial charge in [0, 0.05) is 27.7 Å². The van der Waals surface area contributed by atoms with Gasteiger partial charge in [0.1, 0.15) is 16.0 Å². The molecule has 0 heterocycles. The highest BCUT2D eigenvalue weighted by atomic mass is 79.9. The van der Waals surface area contributed by atoms with E-state index < -0.39 is 39.6 Å². The highest BCUT2D eigenvalue weighted by molar-refractivity contribution is 9.10. The maximum Gasteiger partial charge on any atom is 0.257 e. The number of rotatable bonds is 5. The Labute approximate surface area is 232 Å². The van der Waals surface area contributed by atoms with Gasteiger partial charge in [0.2, 0.25) is 5.91 Å². The number of anilines is 2. The predicted octanol–water partition coefficient (Wildman–Crippen LogP) is 8.47. The van der Waals surface area contributed by atoms with Crippen molar-refractivity contribution in [3.8, 4) is 0 Å². The molecule has 1 aliphatic carbocycles.